The molecular formula is C22H31NO2. The third kappa shape index (κ3) is 5.50. The summed E-state index contributed by atoms with van der Waals surface area (Å²) in [5.74, 6) is 1.64. The number of hydrogen-bond acceptors (Lipinski definition) is 3. The van der Waals surface area contributed by atoms with Crippen molar-refractivity contribution in [2.45, 2.75) is 52.6 Å². The van der Waals surface area contributed by atoms with Crippen molar-refractivity contribution >= 4 is 0 Å². The van der Waals surface area contributed by atoms with Gasteiger partial charge < -0.3 is 14.8 Å². The molecule has 0 amide bonds. The molecule has 0 aliphatic heterocycles. The number of para-hydroxylation sites is 1. The number of benzene rings is 2. The SMILES string of the molecule is CCCOc1c(CNCc2ccc(C(C)(C)C)cc2)cccc1OC. The molecule has 136 valence electrons. The smallest absolute Gasteiger partial charge is 0.165 e. The molecule has 0 aliphatic carbocycles. The second kappa shape index (κ2) is 8.91. The third-order valence-electron chi connectivity index (χ3n) is 4.20. The first-order valence-electron chi connectivity index (χ1n) is 9.04. The molecule has 0 aliphatic rings. The normalized spacial score (nSPS) is 11.4. The molecule has 0 spiro atoms. The Balaban J connectivity index is 1.99. The van der Waals surface area contributed by atoms with Crippen molar-refractivity contribution in [2.24, 2.45) is 0 Å². The Morgan fingerprint density at radius 2 is 1.68 bits per heavy atom. The van der Waals surface area contributed by atoms with Gasteiger partial charge in [-0.15, -0.1) is 0 Å². The van der Waals surface area contributed by atoms with Gasteiger partial charge in [-0.05, 0) is 29.0 Å². The van der Waals surface area contributed by atoms with Gasteiger partial charge >= 0.3 is 0 Å². The van der Waals surface area contributed by atoms with Gasteiger partial charge in [-0.2, -0.15) is 0 Å². The van der Waals surface area contributed by atoms with Crippen molar-refractivity contribution in [2.75, 3.05) is 13.7 Å². The van der Waals surface area contributed by atoms with Crippen LogP contribution in [-0.2, 0) is 18.5 Å². The van der Waals surface area contributed by atoms with Crippen LogP contribution in [0.25, 0.3) is 0 Å². The number of nitrogens with one attached hydrogen (secondary N) is 1. The van der Waals surface area contributed by atoms with Crippen molar-refractivity contribution in [1.82, 2.24) is 5.32 Å². The molecule has 0 bridgehead atoms. The van der Waals surface area contributed by atoms with E-state index in [-0.39, 0.29) is 5.41 Å². The van der Waals surface area contributed by atoms with Gasteiger partial charge in [-0.25, -0.2) is 0 Å². The van der Waals surface area contributed by atoms with Gasteiger partial charge in [0.15, 0.2) is 11.5 Å². The van der Waals surface area contributed by atoms with Gasteiger partial charge in [0.05, 0.1) is 13.7 Å². The summed E-state index contributed by atoms with van der Waals surface area (Å²) in [5, 5.41) is 3.51. The lowest BCUT2D eigenvalue weighted by atomic mass is 9.87. The Bertz CT molecular complexity index is 657. The zero-order chi connectivity index (χ0) is 18.3. The van der Waals surface area contributed by atoms with Crippen molar-refractivity contribution in [3.8, 4) is 11.5 Å². The molecule has 0 fully saturated rings. The highest BCUT2D eigenvalue weighted by Crippen LogP contribution is 2.31. The molecule has 0 saturated heterocycles. The predicted molar refractivity (Wildman–Crippen MR) is 104 cm³/mol. The second-order valence-corrected chi connectivity index (χ2v) is 7.35. The number of methoxy groups -OCH3 is 1. The van der Waals surface area contributed by atoms with Crippen LogP contribution in [0.4, 0.5) is 0 Å². The van der Waals surface area contributed by atoms with E-state index in [4.69, 9.17) is 9.47 Å². The van der Waals surface area contributed by atoms with Crippen LogP contribution < -0.4 is 14.8 Å². The Morgan fingerprint density at radius 1 is 0.960 bits per heavy atom. The summed E-state index contributed by atoms with van der Waals surface area (Å²) in [6, 6.07) is 14.9. The van der Waals surface area contributed by atoms with E-state index in [0.717, 1.165) is 36.6 Å². The van der Waals surface area contributed by atoms with Crippen LogP contribution in [0, 0.1) is 0 Å². The topological polar surface area (TPSA) is 30.5 Å². The van der Waals surface area contributed by atoms with Gasteiger partial charge in [0.1, 0.15) is 0 Å². The van der Waals surface area contributed by atoms with Gasteiger partial charge in [-0.3, -0.25) is 0 Å². The molecule has 2 aromatic rings. The van der Waals surface area contributed by atoms with Crippen LogP contribution in [0.5, 0.6) is 11.5 Å². The van der Waals surface area contributed by atoms with Crippen molar-refractivity contribution in [3.63, 3.8) is 0 Å². The quantitative estimate of drug-likeness (QED) is 0.727. The second-order valence-electron chi connectivity index (χ2n) is 7.35. The first-order valence-corrected chi connectivity index (χ1v) is 9.04. The van der Waals surface area contributed by atoms with E-state index in [1.165, 1.54) is 11.1 Å². The molecule has 0 saturated carbocycles. The van der Waals surface area contributed by atoms with Crippen LogP contribution in [-0.4, -0.2) is 13.7 Å². The van der Waals surface area contributed by atoms with Gasteiger partial charge in [-0.1, -0.05) is 64.1 Å². The van der Waals surface area contributed by atoms with Crippen LogP contribution in [0.1, 0.15) is 50.8 Å². The number of rotatable bonds is 8. The lowest BCUT2D eigenvalue weighted by Gasteiger charge is -2.19. The maximum absolute atomic E-state index is 5.90. The molecule has 2 aromatic carbocycles. The standard InChI is InChI=1S/C22H31NO2/c1-6-14-25-21-18(8-7-9-20(21)24-5)16-23-15-17-10-12-19(13-11-17)22(2,3)4/h7-13,23H,6,14-16H2,1-5H3. The zero-order valence-corrected chi connectivity index (χ0v) is 16.2. The van der Waals surface area contributed by atoms with Crippen LogP contribution in [0.15, 0.2) is 42.5 Å². The average Bonchev–Trinajstić information content (AvgIpc) is 2.60. The fraction of sp³-hybridized carbons (Fsp3) is 0.455. The van der Waals surface area contributed by atoms with Gasteiger partial charge in [0.25, 0.3) is 0 Å². The predicted octanol–water partition coefficient (Wildman–Crippen LogP) is 5.07. The zero-order valence-electron chi connectivity index (χ0n) is 16.2. The molecular weight excluding hydrogens is 310 g/mol. The van der Waals surface area contributed by atoms with Crippen LogP contribution in [0.3, 0.4) is 0 Å². The monoisotopic (exact) mass is 341 g/mol. The van der Waals surface area contributed by atoms with Crippen LogP contribution >= 0.6 is 0 Å². The Kier molecular flexibility index (Phi) is 6.89. The summed E-state index contributed by atoms with van der Waals surface area (Å²) in [7, 11) is 1.68. The van der Waals surface area contributed by atoms with Crippen molar-refractivity contribution < 1.29 is 9.47 Å². The Morgan fingerprint density at radius 3 is 2.28 bits per heavy atom. The van der Waals surface area contributed by atoms with E-state index in [2.05, 4.69) is 63.3 Å². The minimum atomic E-state index is 0.193. The molecule has 2 rings (SSSR count). The Labute approximate surface area is 152 Å². The molecule has 0 radical (unpaired) electrons. The fourth-order valence-electron chi connectivity index (χ4n) is 2.69. The summed E-state index contributed by atoms with van der Waals surface area (Å²) in [6.07, 6.45) is 0.977. The first-order chi connectivity index (χ1) is 12.0. The van der Waals surface area contributed by atoms with E-state index in [9.17, 15) is 0 Å². The minimum absolute atomic E-state index is 0.193. The van der Waals surface area contributed by atoms with Crippen molar-refractivity contribution in [1.29, 1.82) is 0 Å². The largest absolute Gasteiger partial charge is 0.493 e. The lowest BCUT2D eigenvalue weighted by molar-refractivity contribution is 0.290. The molecule has 0 atom stereocenters. The highest BCUT2D eigenvalue weighted by atomic mass is 16.5. The molecule has 0 aromatic heterocycles. The summed E-state index contributed by atoms with van der Waals surface area (Å²) in [6.45, 7) is 11.1. The van der Waals surface area contributed by atoms with E-state index in [1.807, 2.05) is 12.1 Å². The molecule has 3 nitrogen and oxygen atoms in total. The third-order valence-corrected chi connectivity index (χ3v) is 4.20. The average molecular weight is 341 g/mol. The van der Waals surface area contributed by atoms with Crippen molar-refractivity contribution in [3.05, 3.63) is 59.2 Å². The first kappa shape index (κ1) is 19.3. The summed E-state index contributed by atoms with van der Waals surface area (Å²) in [4.78, 5) is 0. The summed E-state index contributed by atoms with van der Waals surface area (Å²) >= 11 is 0. The van der Waals surface area contributed by atoms with Gasteiger partial charge in [0, 0.05) is 18.7 Å². The van der Waals surface area contributed by atoms with Gasteiger partial charge in [0.2, 0.25) is 0 Å². The molecule has 1 N–H and O–H groups in total. The van der Waals surface area contributed by atoms with Crippen LogP contribution in [0.2, 0.25) is 0 Å². The lowest BCUT2D eigenvalue weighted by Crippen LogP contribution is -2.15. The summed E-state index contributed by atoms with van der Waals surface area (Å²) in [5.41, 5.74) is 3.96. The minimum Gasteiger partial charge on any atom is -0.493 e. The fourth-order valence-corrected chi connectivity index (χ4v) is 2.69. The highest BCUT2D eigenvalue weighted by Gasteiger charge is 2.13. The van der Waals surface area contributed by atoms with E-state index in [1.54, 1.807) is 7.11 Å². The maximum atomic E-state index is 5.90. The molecule has 3 heteroatoms. The maximum Gasteiger partial charge on any atom is 0.165 e. The highest BCUT2D eigenvalue weighted by molar-refractivity contribution is 5.46. The molecule has 0 unspecified atom stereocenters. The molecule has 0 heterocycles. The van der Waals surface area contributed by atoms with E-state index >= 15 is 0 Å². The summed E-state index contributed by atoms with van der Waals surface area (Å²) < 4.78 is 11.3. The number of hydrogen-bond donors (Lipinski definition) is 1. The molecule has 25 heavy (non-hydrogen) atoms. The van der Waals surface area contributed by atoms with E-state index < -0.39 is 0 Å². The van der Waals surface area contributed by atoms with E-state index in [0.29, 0.717) is 6.61 Å². The number of ether oxygens (including phenoxy) is 2. The Hall–Kier alpha value is -2.00.